The van der Waals surface area contributed by atoms with E-state index in [9.17, 15) is 4.79 Å². The largest absolute Gasteiger partial charge is 0.497 e. The van der Waals surface area contributed by atoms with E-state index < -0.39 is 0 Å². The summed E-state index contributed by atoms with van der Waals surface area (Å²) in [6.07, 6.45) is 6.36. The van der Waals surface area contributed by atoms with E-state index in [1.54, 1.807) is 40.8 Å². The van der Waals surface area contributed by atoms with Crippen molar-refractivity contribution in [3.63, 3.8) is 0 Å². The van der Waals surface area contributed by atoms with Crippen molar-refractivity contribution in [2.24, 2.45) is 0 Å². The van der Waals surface area contributed by atoms with Crippen LogP contribution in [0, 0.1) is 0 Å². The van der Waals surface area contributed by atoms with Crippen molar-refractivity contribution in [1.29, 1.82) is 0 Å². The summed E-state index contributed by atoms with van der Waals surface area (Å²) in [5, 5.41) is 4.99. The Bertz CT molecular complexity index is 915. The molecule has 3 rings (SSSR count). The molecule has 0 aliphatic rings. The number of aryl methyl sites for hydroxylation is 1. The van der Waals surface area contributed by atoms with Crippen LogP contribution in [-0.2, 0) is 6.54 Å². The van der Waals surface area contributed by atoms with Gasteiger partial charge in [-0.2, -0.15) is 5.10 Å². The number of halogens is 1. The van der Waals surface area contributed by atoms with E-state index in [4.69, 9.17) is 16.3 Å². The van der Waals surface area contributed by atoms with Gasteiger partial charge in [-0.25, -0.2) is 4.68 Å². The van der Waals surface area contributed by atoms with Crippen molar-refractivity contribution in [2.75, 3.05) is 7.11 Å². The van der Waals surface area contributed by atoms with Crippen LogP contribution in [0.25, 0.3) is 16.8 Å². The number of ether oxygens (including phenoxy) is 1. The number of methoxy groups -OCH3 is 1. The maximum Gasteiger partial charge on any atom is 0.250 e. The molecule has 2 aromatic heterocycles. The molecule has 0 saturated carbocycles. The molecule has 0 radical (unpaired) electrons. The summed E-state index contributed by atoms with van der Waals surface area (Å²) in [6.45, 7) is 2.72. The van der Waals surface area contributed by atoms with Crippen LogP contribution in [0.5, 0.6) is 5.75 Å². The molecule has 0 amide bonds. The Morgan fingerprint density at radius 1 is 1.21 bits per heavy atom. The SMILES string of the molecule is CCCn1cc(-n2cc(-c3ccc(OC)cc3Cl)cn2)ccc1=O. The summed E-state index contributed by atoms with van der Waals surface area (Å²) in [5.41, 5.74) is 2.60. The first kappa shape index (κ1) is 16.3. The Labute approximate surface area is 145 Å². The standard InChI is InChI=1S/C18H18ClN3O2/c1-3-8-21-12-14(4-7-18(21)23)22-11-13(10-20-22)16-6-5-15(24-2)9-17(16)19/h4-7,9-12H,3,8H2,1-2H3. The third-order valence-corrected chi connectivity index (χ3v) is 4.08. The predicted molar refractivity (Wildman–Crippen MR) is 95.1 cm³/mol. The van der Waals surface area contributed by atoms with Gasteiger partial charge in [-0.1, -0.05) is 18.5 Å². The third-order valence-electron chi connectivity index (χ3n) is 3.77. The van der Waals surface area contributed by atoms with E-state index in [-0.39, 0.29) is 5.56 Å². The Balaban J connectivity index is 1.96. The lowest BCUT2D eigenvalue weighted by Gasteiger charge is -2.07. The molecule has 6 heteroatoms. The molecule has 0 N–H and O–H groups in total. The summed E-state index contributed by atoms with van der Waals surface area (Å²) in [7, 11) is 1.61. The molecule has 0 unspecified atom stereocenters. The lowest BCUT2D eigenvalue weighted by molar-refractivity contribution is 0.415. The topological polar surface area (TPSA) is 49.0 Å². The molecule has 0 atom stereocenters. The van der Waals surface area contributed by atoms with E-state index in [1.165, 1.54) is 0 Å². The first-order valence-electron chi connectivity index (χ1n) is 7.72. The monoisotopic (exact) mass is 343 g/mol. The summed E-state index contributed by atoms with van der Waals surface area (Å²) in [6, 6.07) is 8.86. The summed E-state index contributed by atoms with van der Waals surface area (Å²) >= 11 is 6.32. The number of benzene rings is 1. The molecule has 5 nitrogen and oxygen atoms in total. The number of rotatable bonds is 5. The van der Waals surface area contributed by atoms with Crippen molar-refractivity contribution in [3.8, 4) is 22.6 Å². The van der Waals surface area contributed by atoms with Gasteiger partial charge in [-0.3, -0.25) is 4.79 Å². The van der Waals surface area contributed by atoms with Crippen molar-refractivity contribution in [3.05, 3.63) is 64.3 Å². The average Bonchev–Trinajstić information content (AvgIpc) is 3.06. The maximum atomic E-state index is 11.8. The minimum Gasteiger partial charge on any atom is -0.497 e. The molecule has 24 heavy (non-hydrogen) atoms. The zero-order chi connectivity index (χ0) is 17.1. The fourth-order valence-electron chi connectivity index (χ4n) is 2.53. The van der Waals surface area contributed by atoms with Gasteiger partial charge in [0.1, 0.15) is 5.75 Å². The smallest absolute Gasteiger partial charge is 0.250 e. The highest BCUT2D eigenvalue weighted by molar-refractivity contribution is 6.33. The van der Waals surface area contributed by atoms with Gasteiger partial charge in [-0.15, -0.1) is 0 Å². The summed E-state index contributed by atoms with van der Waals surface area (Å²) in [4.78, 5) is 11.8. The first-order valence-corrected chi connectivity index (χ1v) is 8.09. The fraction of sp³-hybridized carbons (Fsp3) is 0.222. The minimum absolute atomic E-state index is 0.00817. The number of aromatic nitrogens is 3. The van der Waals surface area contributed by atoms with Gasteiger partial charge in [-0.05, 0) is 30.7 Å². The maximum absolute atomic E-state index is 11.8. The van der Waals surface area contributed by atoms with Crippen LogP contribution in [0.1, 0.15) is 13.3 Å². The quantitative estimate of drug-likeness (QED) is 0.708. The molecule has 124 valence electrons. The molecule has 2 heterocycles. The number of hydrogen-bond acceptors (Lipinski definition) is 3. The molecule has 0 aliphatic heterocycles. The van der Waals surface area contributed by atoms with Crippen LogP contribution in [-0.4, -0.2) is 21.5 Å². The molecular weight excluding hydrogens is 326 g/mol. The Kier molecular flexibility index (Phi) is 4.71. The van der Waals surface area contributed by atoms with Gasteiger partial charge in [0.15, 0.2) is 0 Å². The second-order valence-electron chi connectivity index (χ2n) is 5.44. The van der Waals surface area contributed by atoms with Gasteiger partial charge in [0, 0.05) is 36.1 Å². The number of nitrogens with zero attached hydrogens (tertiary/aromatic N) is 3. The highest BCUT2D eigenvalue weighted by atomic mass is 35.5. The number of pyridine rings is 1. The van der Waals surface area contributed by atoms with Gasteiger partial charge in [0.05, 0.1) is 24.0 Å². The zero-order valence-corrected chi connectivity index (χ0v) is 14.3. The molecule has 0 saturated heterocycles. The van der Waals surface area contributed by atoms with Gasteiger partial charge in [0.2, 0.25) is 0 Å². The van der Waals surface area contributed by atoms with Crippen LogP contribution in [0.15, 0.2) is 53.7 Å². The van der Waals surface area contributed by atoms with E-state index in [1.807, 2.05) is 31.5 Å². The molecular formula is C18H18ClN3O2. The summed E-state index contributed by atoms with van der Waals surface area (Å²) < 4.78 is 8.60. The minimum atomic E-state index is -0.00817. The molecule has 0 fully saturated rings. The van der Waals surface area contributed by atoms with E-state index in [2.05, 4.69) is 5.10 Å². The molecule has 3 aromatic rings. The Morgan fingerprint density at radius 2 is 2.04 bits per heavy atom. The molecule has 0 spiro atoms. The zero-order valence-electron chi connectivity index (χ0n) is 13.6. The normalized spacial score (nSPS) is 10.8. The second-order valence-corrected chi connectivity index (χ2v) is 5.85. The van der Waals surface area contributed by atoms with E-state index in [0.717, 1.165) is 23.2 Å². The van der Waals surface area contributed by atoms with Crippen molar-refractivity contribution in [1.82, 2.24) is 14.3 Å². The van der Waals surface area contributed by atoms with Crippen molar-refractivity contribution in [2.45, 2.75) is 19.9 Å². The number of hydrogen-bond donors (Lipinski definition) is 0. The van der Waals surface area contributed by atoms with Crippen molar-refractivity contribution < 1.29 is 4.74 Å². The predicted octanol–water partition coefficient (Wildman–Crippen LogP) is 3.77. The van der Waals surface area contributed by atoms with Gasteiger partial charge in [0.25, 0.3) is 5.56 Å². The van der Waals surface area contributed by atoms with E-state index in [0.29, 0.717) is 17.3 Å². The summed E-state index contributed by atoms with van der Waals surface area (Å²) in [5.74, 6) is 0.711. The lowest BCUT2D eigenvalue weighted by atomic mass is 10.1. The lowest BCUT2D eigenvalue weighted by Crippen LogP contribution is -2.19. The van der Waals surface area contributed by atoms with Gasteiger partial charge >= 0.3 is 0 Å². The highest BCUT2D eigenvalue weighted by Gasteiger charge is 2.09. The molecule has 0 bridgehead atoms. The third kappa shape index (κ3) is 3.21. The first-order chi connectivity index (χ1) is 11.6. The Morgan fingerprint density at radius 3 is 2.75 bits per heavy atom. The second kappa shape index (κ2) is 6.93. The van der Waals surface area contributed by atoms with Crippen molar-refractivity contribution >= 4 is 11.6 Å². The van der Waals surface area contributed by atoms with Crippen LogP contribution in [0.2, 0.25) is 5.02 Å². The van der Waals surface area contributed by atoms with E-state index >= 15 is 0 Å². The molecule has 0 aliphatic carbocycles. The van der Waals surface area contributed by atoms with Crippen LogP contribution in [0.4, 0.5) is 0 Å². The van der Waals surface area contributed by atoms with Crippen LogP contribution in [0.3, 0.4) is 0 Å². The average molecular weight is 344 g/mol. The fourth-order valence-corrected chi connectivity index (χ4v) is 2.81. The Hall–Kier alpha value is -2.53. The van der Waals surface area contributed by atoms with Gasteiger partial charge < -0.3 is 9.30 Å². The van der Waals surface area contributed by atoms with Crippen LogP contribution < -0.4 is 10.3 Å². The van der Waals surface area contributed by atoms with Crippen LogP contribution >= 0.6 is 11.6 Å². The molecule has 1 aromatic carbocycles. The highest BCUT2D eigenvalue weighted by Crippen LogP contribution is 2.31.